The van der Waals surface area contributed by atoms with Gasteiger partial charge in [0.25, 0.3) is 40.5 Å². The van der Waals surface area contributed by atoms with Crippen LogP contribution in [0.15, 0.2) is 160 Å². The average Bonchev–Trinajstić information content (AvgIpc) is 3.25. The number of amides is 1. The van der Waals surface area contributed by atoms with Gasteiger partial charge in [0.2, 0.25) is 11.7 Å². The van der Waals surface area contributed by atoms with Crippen LogP contribution in [-0.2, 0) is 45.3 Å². The van der Waals surface area contributed by atoms with Crippen molar-refractivity contribution in [2.75, 3.05) is 10.7 Å². The number of fused-ring (bicyclic) bond motifs is 4. The van der Waals surface area contributed by atoms with E-state index < -0.39 is 77.5 Å². The molecule has 0 aliphatic heterocycles. The molecule has 0 saturated carbocycles. The van der Waals surface area contributed by atoms with Crippen molar-refractivity contribution in [3.63, 3.8) is 0 Å². The smallest absolute Gasteiger partial charge is 0.296 e. The quantitative estimate of drug-likeness (QED) is 0.0401. The molecule has 340 valence electrons. The molecule has 8 rings (SSSR count). The van der Waals surface area contributed by atoms with Crippen LogP contribution in [-0.4, -0.2) is 69.3 Å². The highest BCUT2D eigenvalue weighted by atomic mass is 32.2. The van der Waals surface area contributed by atoms with E-state index in [-0.39, 0.29) is 66.8 Å². The molecular weight excluding hydrogens is 955 g/mol. The van der Waals surface area contributed by atoms with Gasteiger partial charge < -0.3 is 5.32 Å². The number of hydrazone groups is 1. The molecule has 0 aromatic heterocycles. The number of rotatable bonds is 11. The first-order valence-corrected chi connectivity index (χ1v) is 24.6. The second kappa shape index (κ2) is 17.1. The summed E-state index contributed by atoms with van der Waals surface area (Å²) in [5.41, 5.74) is 3.31. The average molecular weight is 984 g/mol. The number of Topliss-reactive ketones (excluding diaryl/α,β-unsaturated/α-hetero) is 1. The Hall–Kier alpha value is -7.49. The van der Waals surface area contributed by atoms with Crippen molar-refractivity contribution in [1.82, 2.24) is 0 Å². The van der Waals surface area contributed by atoms with E-state index in [0.717, 1.165) is 24.3 Å². The Balaban J connectivity index is 1.15. The third-order valence-electron chi connectivity index (χ3n) is 10.0. The van der Waals surface area contributed by atoms with E-state index in [1.54, 1.807) is 24.3 Å². The molecule has 1 aliphatic rings. The summed E-state index contributed by atoms with van der Waals surface area (Å²) in [7, 11) is -19.6. The molecule has 21 nitrogen and oxygen atoms in total. The van der Waals surface area contributed by atoms with E-state index >= 15 is 0 Å². The summed E-state index contributed by atoms with van der Waals surface area (Å²) >= 11 is 0. The number of hydrogen-bond donors (Lipinski definition) is 6. The number of nitrogens with one attached hydrogen (secondary N) is 2. The Labute approximate surface area is 379 Å². The van der Waals surface area contributed by atoms with Crippen LogP contribution in [0.4, 0.5) is 34.1 Å². The molecule has 7 aromatic rings. The Morgan fingerprint density at radius 2 is 1.18 bits per heavy atom. The molecule has 25 heteroatoms. The predicted octanol–water partition coefficient (Wildman–Crippen LogP) is 8.57. The van der Waals surface area contributed by atoms with E-state index in [9.17, 15) is 61.5 Å². The Bertz CT molecular complexity index is 3930. The number of anilines is 2. The lowest BCUT2D eigenvalue weighted by Gasteiger charge is -2.17. The van der Waals surface area contributed by atoms with Crippen molar-refractivity contribution in [2.45, 2.75) is 21.6 Å². The van der Waals surface area contributed by atoms with Crippen molar-refractivity contribution in [1.29, 1.82) is 0 Å². The number of nitrogens with zero attached hydrogens (tertiary/aromatic N) is 5. The zero-order valence-electron chi connectivity index (χ0n) is 33.8. The number of carbonyl (C=O) groups is 2. The van der Waals surface area contributed by atoms with Gasteiger partial charge in [-0.2, -0.15) is 43.9 Å². The molecular formula is C42H29N7O14S4. The van der Waals surface area contributed by atoms with Gasteiger partial charge in [-0.1, -0.05) is 42.5 Å². The molecule has 0 unspecified atom stereocenters. The molecule has 0 fully saturated rings. The number of benzene rings is 7. The molecule has 1 aliphatic carbocycles. The number of azo groups is 2. The topological polar surface area (TPSA) is 337 Å². The first-order chi connectivity index (χ1) is 31.5. The maximum atomic E-state index is 13.6. The number of hydrogen-bond acceptors (Lipinski definition) is 16. The minimum absolute atomic E-state index is 0.00936. The van der Waals surface area contributed by atoms with Crippen LogP contribution < -0.4 is 10.7 Å². The monoisotopic (exact) mass is 983 g/mol. The van der Waals surface area contributed by atoms with Crippen LogP contribution in [0.2, 0.25) is 0 Å². The molecule has 67 heavy (non-hydrogen) atoms. The van der Waals surface area contributed by atoms with Gasteiger partial charge in [-0.15, -0.1) is 15.3 Å². The van der Waals surface area contributed by atoms with E-state index in [0.29, 0.717) is 16.8 Å². The number of allylic oxidation sites excluding steroid dienone is 1. The largest absolute Gasteiger partial charge is 0.326 e. The van der Waals surface area contributed by atoms with Crippen LogP contribution in [0.25, 0.3) is 38.4 Å². The van der Waals surface area contributed by atoms with Crippen molar-refractivity contribution >= 4 is 130 Å². The number of carbonyl (C=O) groups excluding carboxylic acids is 2. The van der Waals surface area contributed by atoms with Gasteiger partial charge in [0.15, 0.2) is 5.71 Å². The van der Waals surface area contributed by atoms with Crippen LogP contribution in [0.5, 0.6) is 0 Å². The normalized spacial score (nSPS) is 14.3. The Morgan fingerprint density at radius 1 is 0.552 bits per heavy atom. The highest BCUT2D eigenvalue weighted by molar-refractivity contribution is 7.91. The molecule has 0 radical (unpaired) electrons. The summed E-state index contributed by atoms with van der Waals surface area (Å²) in [6, 6.07) is 25.8. The Kier molecular flexibility index (Phi) is 11.7. The van der Waals surface area contributed by atoms with Crippen LogP contribution in [0.3, 0.4) is 0 Å². The van der Waals surface area contributed by atoms with E-state index in [1.165, 1.54) is 73.7 Å². The third-order valence-corrected chi connectivity index (χ3v) is 13.5. The molecule has 0 atom stereocenters. The fraction of sp³-hybridized carbons (Fsp3) is 0.0238. The van der Waals surface area contributed by atoms with E-state index in [1.807, 2.05) is 0 Å². The van der Waals surface area contributed by atoms with Gasteiger partial charge >= 0.3 is 0 Å². The zero-order chi connectivity index (χ0) is 48.2. The molecule has 7 aromatic carbocycles. The highest BCUT2D eigenvalue weighted by Crippen LogP contribution is 2.39. The first-order valence-electron chi connectivity index (χ1n) is 18.9. The van der Waals surface area contributed by atoms with Crippen molar-refractivity contribution in [2.24, 2.45) is 25.6 Å². The lowest BCUT2D eigenvalue weighted by molar-refractivity contribution is -0.114. The van der Waals surface area contributed by atoms with Gasteiger partial charge in [-0.3, -0.25) is 33.2 Å². The van der Waals surface area contributed by atoms with Crippen molar-refractivity contribution in [3.8, 4) is 0 Å². The summed E-state index contributed by atoms with van der Waals surface area (Å²) in [4.78, 5) is 22.4. The molecule has 0 spiro atoms. The number of ketones is 1. The van der Waals surface area contributed by atoms with Gasteiger partial charge in [0.05, 0.1) is 38.2 Å². The SMILES string of the molecule is CC(=O)Nc1ccc2c(c1)C(=O)/C(=N\Nc1ccc(N=Nc3ccc(N=Nc4ccc5cc(S(=O)(=O)O)cc(S(=O)(=O)O)c5c4)c4ccc(S(=O)(=O)O)cc34)c3ccccc13)C(S(=O)(=O)O)=C2. The Morgan fingerprint density at radius 3 is 1.82 bits per heavy atom. The van der Waals surface area contributed by atoms with Crippen molar-refractivity contribution in [3.05, 3.63) is 131 Å². The molecule has 0 heterocycles. The zero-order valence-corrected chi connectivity index (χ0v) is 37.1. The van der Waals surface area contributed by atoms with Crippen LogP contribution in [0, 0.1) is 0 Å². The van der Waals surface area contributed by atoms with Gasteiger partial charge in [0, 0.05) is 45.1 Å². The molecule has 0 saturated heterocycles. The van der Waals surface area contributed by atoms with Crippen LogP contribution in [0.1, 0.15) is 22.8 Å². The third kappa shape index (κ3) is 9.60. The first kappa shape index (κ1) is 46.1. The molecule has 1 amide bonds. The van der Waals surface area contributed by atoms with Crippen molar-refractivity contribution < 1.29 is 61.5 Å². The minimum Gasteiger partial charge on any atom is -0.326 e. The minimum atomic E-state index is -5.01. The fourth-order valence-electron chi connectivity index (χ4n) is 7.06. The van der Waals surface area contributed by atoms with Gasteiger partial charge in [0.1, 0.15) is 9.80 Å². The summed E-state index contributed by atoms with van der Waals surface area (Å²) in [6.45, 7) is 1.27. The van der Waals surface area contributed by atoms with Gasteiger partial charge in [-0.25, -0.2) is 0 Å². The lowest BCUT2D eigenvalue weighted by atomic mass is 9.94. The highest BCUT2D eigenvalue weighted by Gasteiger charge is 2.33. The standard InChI is InChI=1S/C42H29N7O14S4/c1-22(50)43-25-8-6-24-17-40(67(61,62)63)41(42(51)33(24)18-25)49-48-36-13-12-35(29-4-2-3-5-30(29)36)46-47-38-15-14-37(31-11-10-27(20-34(31)38)64(52,53)54)45-44-26-9-7-23-16-28(65(55,56)57)21-39(32(23)19-26)66(58,59)60/h2-21,48H,1H3,(H,43,50)(H,52,53,54)(H,55,56,57)(H,58,59,60)(H,61,62,63)/b45-44?,47-46?,49-41-. The summed E-state index contributed by atoms with van der Waals surface area (Å²) in [5, 5.41) is 25.1. The fourth-order valence-corrected chi connectivity index (χ4v) is 9.57. The summed E-state index contributed by atoms with van der Waals surface area (Å²) in [5.74, 6) is -1.27. The maximum Gasteiger partial charge on any atom is 0.296 e. The molecule has 6 N–H and O–H groups in total. The molecule has 0 bridgehead atoms. The predicted molar refractivity (Wildman–Crippen MR) is 245 cm³/mol. The lowest BCUT2D eigenvalue weighted by Crippen LogP contribution is -2.27. The van der Waals surface area contributed by atoms with E-state index in [4.69, 9.17) is 0 Å². The van der Waals surface area contributed by atoms with Crippen LogP contribution >= 0.6 is 0 Å². The second-order valence-corrected chi connectivity index (χ2v) is 20.1. The second-order valence-electron chi connectivity index (χ2n) is 14.5. The summed E-state index contributed by atoms with van der Waals surface area (Å²) in [6.07, 6.45) is 1.08. The van der Waals surface area contributed by atoms with Gasteiger partial charge in [-0.05, 0) is 89.8 Å². The maximum absolute atomic E-state index is 13.6. The summed E-state index contributed by atoms with van der Waals surface area (Å²) < 4.78 is 137. The van der Waals surface area contributed by atoms with E-state index in [2.05, 4.69) is 36.3 Å².